The molecule has 0 aliphatic heterocycles. The zero-order chi connectivity index (χ0) is 12.7. The van der Waals surface area contributed by atoms with Crippen molar-refractivity contribution in [3.05, 3.63) is 35.4 Å². The van der Waals surface area contributed by atoms with E-state index >= 15 is 0 Å². The third kappa shape index (κ3) is 5.35. The van der Waals surface area contributed by atoms with Crippen molar-refractivity contribution in [1.29, 1.82) is 0 Å². The number of carbonyl (C=O) groups excluding carboxylic acids is 1. The van der Waals surface area contributed by atoms with Crippen LogP contribution in [0.1, 0.15) is 30.9 Å². The summed E-state index contributed by atoms with van der Waals surface area (Å²) in [6.45, 7) is 4.35. The van der Waals surface area contributed by atoms with Crippen LogP contribution in [0.2, 0.25) is 0 Å². The molecule has 0 aliphatic rings. The van der Waals surface area contributed by atoms with Gasteiger partial charge in [0.2, 0.25) is 0 Å². The van der Waals surface area contributed by atoms with E-state index in [1.807, 2.05) is 6.92 Å². The van der Waals surface area contributed by atoms with Crippen molar-refractivity contribution in [3.8, 4) is 0 Å². The number of ether oxygens (including phenoxy) is 1. The van der Waals surface area contributed by atoms with E-state index < -0.39 is 0 Å². The van der Waals surface area contributed by atoms with Gasteiger partial charge in [0.1, 0.15) is 4.83 Å². The summed E-state index contributed by atoms with van der Waals surface area (Å²) in [4.78, 5) is 11.2. The Labute approximate surface area is 111 Å². The molecule has 2 nitrogen and oxygen atoms in total. The molecule has 94 valence electrons. The smallest absolute Gasteiger partial charge is 0.319 e. The van der Waals surface area contributed by atoms with E-state index in [0.717, 1.165) is 19.3 Å². The predicted molar refractivity (Wildman–Crippen MR) is 73.5 cm³/mol. The van der Waals surface area contributed by atoms with Crippen molar-refractivity contribution in [3.63, 3.8) is 0 Å². The molecule has 1 unspecified atom stereocenters. The lowest BCUT2D eigenvalue weighted by Gasteiger charge is -2.08. The normalized spacial score (nSPS) is 12.2. The van der Waals surface area contributed by atoms with Crippen molar-refractivity contribution in [2.45, 2.75) is 37.9 Å². The fraction of sp³-hybridized carbons (Fsp3) is 0.500. The first-order valence-electron chi connectivity index (χ1n) is 5.99. The summed E-state index contributed by atoms with van der Waals surface area (Å²) in [5, 5.41) is 0. The van der Waals surface area contributed by atoms with Crippen molar-refractivity contribution in [2.24, 2.45) is 0 Å². The molecule has 0 saturated heterocycles. The molecule has 0 amide bonds. The molecule has 0 N–H and O–H groups in total. The molecule has 0 fully saturated rings. The second kappa shape index (κ2) is 7.49. The van der Waals surface area contributed by atoms with Crippen molar-refractivity contribution < 1.29 is 9.53 Å². The maximum absolute atomic E-state index is 11.4. The highest BCUT2D eigenvalue weighted by Crippen LogP contribution is 2.13. The molecule has 17 heavy (non-hydrogen) atoms. The Kier molecular flexibility index (Phi) is 6.27. The van der Waals surface area contributed by atoms with Gasteiger partial charge in [-0.3, -0.25) is 4.79 Å². The van der Waals surface area contributed by atoms with Crippen LogP contribution in [-0.4, -0.2) is 17.4 Å². The van der Waals surface area contributed by atoms with Gasteiger partial charge >= 0.3 is 5.97 Å². The van der Waals surface area contributed by atoms with Gasteiger partial charge < -0.3 is 4.74 Å². The largest absolute Gasteiger partial charge is 0.465 e. The average molecular weight is 299 g/mol. The Morgan fingerprint density at radius 1 is 1.35 bits per heavy atom. The fourth-order valence-electron chi connectivity index (χ4n) is 1.59. The first-order chi connectivity index (χ1) is 8.13. The highest BCUT2D eigenvalue weighted by atomic mass is 79.9. The number of halogens is 1. The molecule has 1 aromatic carbocycles. The van der Waals surface area contributed by atoms with Gasteiger partial charge in [-0.1, -0.05) is 45.8 Å². The van der Waals surface area contributed by atoms with Crippen LogP contribution in [0.25, 0.3) is 0 Å². The molecule has 1 rings (SSSR count). The third-order valence-electron chi connectivity index (χ3n) is 2.59. The van der Waals surface area contributed by atoms with Gasteiger partial charge in [0, 0.05) is 0 Å². The van der Waals surface area contributed by atoms with Crippen LogP contribution in [0, 0.1) is 6.92 Å². The lowest BCUT2D eigenvalue weighted by Crippen LogP contribution is -2.17. The van der Waals surface area contributed by atoms with Crippen LogP contribution in [0.5, 0.6) is 0 Å². The summed E-state index contributed by atoms with van der Waals surface area (Å²) in [6.07, 6.45) is 2.80. The standard InChI is InChI=1S/C14H19BrO2/c1-3-17-14(16)13(15)6-4-5-12-9-7-11(2)8-10-12/h7-10,13H,3-6H2,1-2H3. The number of benzene rings is 1. The van der Waals surface area contributed by atoms with Crippen molar-refractivity contribution in [2.75, 3.05) is 6.61 Å². The Morgan fingerprint density at radius 2 is 2.00 bits per heavy atom. The third-order valence-corrected chi connectivity index (χ3v) is 3.42. The van der Waals surface area contributed by atoms with Gasteiger partial charge in [-0.15, -0.1) is 0 Å². The summed E-state index contributed by atoms with van der Waals surface area (Å²) in [7, 11) is 0. The molecule has 0 aliphatic carbocycles. The number of hydrogen-bond donors (Lipinski definition) is 0. The Bertz CT molecular complexity index is 346. The first kappa shape index (κ1) is 14.2. The van der Waals surface area contributed by atoms with Gasteiger partial charge in [-0.2, -0.15) is 0 Å². The minimum Gasteiger partial charge on any atom is -0.465 e. The summed E-state index contributed by atoms with van der Waals surface area (Å²) < 4.78 is 4.94. The zero-order valence-electron chi connectivity index (χ0n) is 10.4. The maximum atomic E-state index is 11.4. The van der Waals surface area contributed by atoms with Crippen LogP contribution >= 0.6 is 15.9 Å². The Morgan fingerprint density at radius 3 is 2.59 bits per heavy atom. The molecule has 1 atom stereocenters. The summed E-state index contributed by atoms with van der Waals surface area (Å²) >= 11 is 3.35. The summed E-state index contributed by atoms with van der Waals surface area (Å²) in [5.41, 5.74) is 2.60. The number of aryl methyl sites for hydroxylation is 2. The number of rotatable bonds is 6. The van der Waals surface area contributed by atoms with Crippen LogP contribution in [0.3, 0.4) is 0 Å². The molecule has 0 heterocycles. The van der Waals surface area contributed by atoms with Crippen molar-refractivity contribution >= 4 is 21.9 Å². The monoisotopic (exact) mass is 298 g/mol. The molecular formula is C14H19BrO2. The van der Waals surface area contributed by atoms with E-state index in [0.29, 0.717) is 6.61 Å². The summed E-state index contributed by atoms with van der Waals surface area (Å²) in [5.74, 6) is -0.156. The van der Waals surface area contributed by atoms with Gasteiger partial charge in [0.05, 0.1) is 6.61 Å². The van der Waals surface area contributed by atoms with Gasteiger partial charge in [0.25, 0.3) is 0 Å². The molecule has 0 radical (unpaired) electrons. The van der Waals surface area contributed by atoms with E-state index in [1.54, 1.807) is 0 Å². The fourth-order valence-corrected chi connectivity index (χ4v) is 2.05. The number of carbonyl (C=O) groups is 1. The molecule has 3 heteroatoms. The second-order valence-electron chi connectivity index (χ2n) is 4.10. The molecular weight excluding hydrogens is 280 g/mol. The molecule has 0 bridgehead atoms. The van der Waals surface area contributed by atoms with Crippen molar-refractivity contribution in [1.82, 2.24) is 0 Å². The molecule has 1 aromatic rings. The lowest BCUT2D eigenvalue weighted by molar-refractivity contribution is -0.142. The van der Waals surface area contributed by atoms with Crippen LogP contribution in [0.4, 0.5) is 0 Å². The van der Waals surface area contributed by atoms with Crippen LogP contribution < -0.4 is 0 Å². The van der Waals surface area contributed by atoms with E-state index in [-0.39, 0.29) is 10.8 Å². The Balaban J connectivity index is 2.27. The van der Waals surface area contributed by atoms with Crippen LogP contribution in [-0.2, 0) is 16.0 Å². The average Bonchev–Trinajstić information content (AvgIpc) is 2.32. The van der Waals surface area contributed by atoms with E-state index in [2.05, 4.69) is 47.1 Å². The zero-order valence-corrected chi connectivity index (χ0v) is 12.0. The van der Waals surface area contributed by atoms with E-state index in [9.17, 15) is 4.79 Å². The number of esters is 1. The lowest BCUT2D eigenvalue weighted by atomic mass is 10.1. The highest BCUT2D eigenvalue weighted by Gasteiger charge is 2.14. The van der Waals surface area contributed by atoms with E-state index in [4.69, 9.17) is 4.74 Å². The number of alkyl halides is 1. The minimum atomic E-state index is -0.173. The van der Waals surface area contributed by atoms with Gasteiger partial charge in [-0.25, -0.2) is 0 Å². The SMILES string of the molecule is CCOC(=O)C(Br)CCCc1ccc(C)cc1. The highest BCUT2D eigenvalue weighted by molar-refractivity contribution is 9.10. The second-order valence-corrected chi connectivity index (χ2v) is 5.20. The van der Waals surface area contributed by atoms with E-state index in [1.165, 1.54) is 11.1 Å². The predicted octanol–water partition coefficient (Wildman–Crippen LogP) is 3.64. The minimum absolute atomic E-state index is 0.156. The van der Waals surface area contributed by atoms with Gasteiger partial charge in [-0.05, 0) is 38.7 Å². The van der Waals surface area contributed by atoms with Crippen LogP contribution in [0.15, 0.2) is 24.3 Å². The quantitative estimate of drug-likeness (QED) is 0.592. The maximum Gasteiger partial charge on any atom is 0.319 e. The molecule has 0 saturated carbocycles. The Hall–Kier alpha value is -0.830. The molecule has 0 aromatic heterocycles. The number of hydrogen-bond acceptors (Lipinski definition) is 2. The first-order valence-corrected chi connectivity index (χ1v) is 6.91. The molecule has 0 spiro atoms. The van der Waals surface area contributed by atoms with Gasteiger partial charge in [0.15, 0.2) is 0 Å². The summed E-state index contributed by atoms with van der Waals surface area (Å²) in [6, 6.07) is 8.52. The topological polar surface area (TPSA) is 26.3 Å².